The van der Waals surface area contributed by atoms with Gasteiger partial charge in [0.25, 0.3) is 0 Å². The highest BCUT2D eigenvalue weighted by atomic mass is 19.4. The number of nitrogens with two attached hydrogens (primary N) is 2. The van der Waals surface area contributed by atoms with Crippen molar-refractivity contribution in [3.05, 3.63) is 47.3 Å². The number of aromatic nitrogens is 3. The Balaban J connectivity index is 1.78. The molecule has 142 valence electrons. The lowest BCUT2D eigenvalue weighted by molar-refractivity contribution is -0.137. The fourth-order valence-electron chi connectivity index (χ4n) is 2.45. The number of halogens is 3. The molecule has 0 atom stereocenters. The Hall–Kier alpha value is -3.30. The number of aryl methyl sites for hydroxylation is 1. The summed E-state index contributed by atoms with van der Waals surface area (Å²) < 4.78 is 49.3. The Morgan fingerprint density at radius 2 is 1.93 bits per heavy atom. The maximum absolute atomic E-state index is 12.8. The van der Waals surface area contributed by atoms with Gasteiger partial charge in [0.1, 0.15) is 12.3 Å². The summed E-state index contributed by atoms with van der Waals surface area (Å²) >= 11 is 0. The maximum atomic E-state index is 12.8. The number of anilines is 2. The van der Waals surface area contributed by atoms with Gasteiger partial charge in [0.2, 0.25) is 5.95 Å². The van der Waals surface area contributed by atoms with E-state index in [2.05, 4.69) is 15.1 Å². The largest absolute Gasteiger partial charge is 0.480 e. The van der Waals surface area contributed by atoms with Gasteiger partial charge in [-0.1, -0.05) is 24.2 Å². The lowest BCUT2D eigenvalue weighted by atomic mass is 10.1. The summed E-state index contributed by atoms with van der Waals surface area (Å²) in [4.78, 5) is 7.91. The molecular formula is C17H16F3N5O2. The molecule has 7 nitrogen and oxygen atoms in total. The molecule has 10 heteroatoms. The molecule has 0 saturated heterocycles. The van der Waals surface area contributed by atoms with Crippen molar-refractivity contribution >= 4 is 11.8 Å². The third-order valence-corrected chi connectivity index (χ3v) is 3.72. The average Bonchev–Trinajstić information content (AvgIpc) is 3.08. The fraction of sp³-hybridized carbons (Fsp3) is 0.235. The van der Waals surface area contributed by atoms with Crippen molar-refractivity contribution in [3.8, 4) is 17.0 Å². The van der Waals surface area contributed by atoms with Gasteiger partial charge in [-0.25, -0.2) is 4.98 Å². The Morgan fingerprint density at radius 3 is 2.63 bits per heavy atom. The first kappa shape index (κ1) is 18.5. The van der Waals surface area contributed by atoms with Crippen LogP contribution in [-0.2, 0) is 19.2 Å². The molecule has 0 bridgehead atoms. The van der Waals surface area contributed by atoms with Gasteiger partial charge in [-0.2, -0.15) is 18.2 Å². The van der Waals surface area contributed by atoms with Crippen molar-refractivity contribution in [2.45, 2.75) is 26.1 Å². The SMILES string of the molecule is CCc1nc(N)nc(N)c1OCc1cc(-c2cccc(C(F)(F)F)c2)no1. The molecule has 2 heterocycles. The van der Waals surface area contributed by atoms with Crippen LogP contribution in [0.3, 0.4) is 0 Å². The molecule has 0 radical (unpaired) electrons. The van der Waals surface area contributed by atoms with Crippen LogP contribution in [0.5, 0.6) is 5.75 Å². The van der Waals surface area contributed by atoms with Crippen molar-refractivity contribution in [2.24, 2.45) is 0 Å². The number of benzene rings is 1. The normalized spacial score (nSPS) is 11.6. The second-order valence-electron chi connectivity index (χ2n) is 5.64. The zero-order valence-electron chi connectivity index (χ0n) is 14.2. The van der Waals surface area contributed by atoms with E-state index in [0.717, 1.165) is 12.1 Å². The van der Waals surface area contributed by atoms with Gasteiger partial charge in [0.05, 0.1) is 11.3 Å². The number of nitrogens with zero attached hydrogens (tertiary/aromatic N) is 3. The Labute approximate surface area is 152 Å². The van der Waals surface area contributed by atoms with Crippen LogP contribution < -0.4 is 16.2 Å². The summed E-state index contributed by atoms with van der Waals surface area (Å²) in [5.74, 6) is 0.726. The first-order valence-corrected chi connectivity index (χ1v) is 7.95. The molecule has 0 saturated carbocycles. The third kappa shape index (κ3) is 4.10. The predicted molar refractivity (Wildman–Crippen MR) is 91.5 cm³/mol. The van der Waals surface area contributed by atoms with Crippen LogP contribution in [0.2, 0.25) is 0 Å². The summed E-state index contributed by atoms with van der Waals surface area (Å²) in [5, 5.41) is 3.80. The molecule has 0 aliphatic rings. The molecular weight excluding hydrogens is 363 g/mol. The third-order valence-electron chi connectivity index (χ3n) is 3.72. The van der Waals surface area contributed by atoms with E-state index in [4.69, 9.17) is 20.7 Å². The molecule has 0 fully saturated rings. The van der Waals surface area contributed by atoms with Crippen molar-refractivity contribution in [1.29, 1.82) is 0 Å². The molecule has 0 aliphatic heterocycles. The molecule has 4 N–H and O–H groups in total. The Morgan fingerprint density at radius 1 is 1.15 bits per heavy atom. The van der Waals surface area contributed by atoms with Crippen LogP contribution in [0.4, 0.5) is 24.9 Å². The number of ether oxygens (including phenoxy) is 1. The first-order chi connectivity index (χ1) is 12.8. The van der Waals surface area contributed by atoms with Crippen molar-refractivity contribution in [3.63, 3.8) is 0 Å². The second kappa shape index (κ2) is 7.14. The summed E-state index contributed by atoms with van der Waals surface area (Å²) in [6.45, 7) is 1.81. The summed E-state index contributed by atoms with van der Waals surface area (Å²) in [6, 6.07) is 6.31. The molecule has 0 aliphatic carbocycles. The minimum Gasteiger partial charge on any atom is -0.480 e. The predicted octanol–water partition coefficient (Wildman–Crippen LogP) is 3.46. The van der Waals surface area contributed by atoms with Gasteiger partial charge in [0.15, 0.2) is 17.3 Å². The summed E-state index contributed by atoms with van der Waals surface area (Å²) in [7, 11) is 0. The quantitative estimate of drug-likeness (QED) is 0.698. The number of nitrogen functional groups attached to an aromatic ring is 2. The molecule has 3 rings (SSSR count). The molecule has 3 aromatic rings. The van der Waals surface area contributed by atoms with Crippen LogP contribution in [0.1, 0.15) is 23.9 Å². The molecule has 27 heavy (non-hydrogen) atoms. The monoisotopic (exact) mass is 379 g/mol. The first-order valence-electron chi connectivity index (χ1n) is 7.95. The van der Waals surface area contributed by atoms with Gasteiger partial charge < -0.3 is 20.7 Å². The van der Waals surface area contributed by atoms with E-state index >= 15 is 0 Å². The van der Waals surface area contributed by atoms with Crippen molar-refractivity contribution in [2.75, 3.05) is 11.5 Å². The van der Waals surface area contributed by atoms with E-state index in [9.17, 15) is 13.2 Å². The van der Waals surface area contributed by atoms with Crippen LogP contribution >= 0.6 is 0 Å². The second-order valence-corrected chi connectivity index (χ2v) is 5.64. The average molecular weight is 379 g/mol. The lowest BCUT2D eigenvalue weighted by Gasteiger charge is -2.10. The standard InChI is InChI=1S/C17H16F3N5O2/c1-2-12-14(15(21)24-16(22)23-12)26-8-11-7-13(25-27-11)9-4-3-5-10(6-9)17(18,19)20/h3-7H,2,8H2,1H3,(H4,21,22,23,24). The lowest BCUT2D eigenvalue weighted by Crippen LogP contribution is -2.08. The molecule has 2 aromatic heterocycles. The number of hydrogen-bond acceptors (Lipinski definition) is 7. The molecule has 0 spiro atoms. The smallest absolute Gasteiger partial charge is 0.416 e. The zero-order chi connectivity index (χ0) is 19.6. The van der Waals surface area contributed by atoms with Gasteiger partial charge in [0, 0.05) is 11.6 Å². The fourth-order valence-corrected chi connectivity index (χ4v) is 2.45. The van der Waals surface area contributed by atoms with E-state index in [0.29, 0.717) is 17.9 Å². The maximum Gasteiger partial charge on any atom is 0.416 e. The molecule has 0 amide bonds. The summed E-state index contributed by atoms with van der Waals surface area (Å²) in [5.41, 5.74) is 11.7. The topological polar surface area (TPSA) is 113 Å². The van der Waals surface area contributed by atoms with Crippen LogP contribution in [0, 0.1) is 0 Å². The van der Waals surface area contributed by atoms with Gasteiger partial charge >= 0.3 is 6.18 Å². The Kier molecular flexibility index (Phi) is 4.89. The minimum atomic E-state index is -4.44. The highest BCUT2D eigenvalue weighted by Gasteiger charge is 2.30. The number of rotatable bonds is 5. The highest BCUT2D eigenvalue weighted by molar-refractivity contribution is 5.60. The van der Waals surface area contributed by atoms with Gasteiger partial charge in [-0.3, -0.25) is 0 Å². The van der Waals surface area contributed by atoms with Crippen molar-refractivity contribution < 1.29 is 22.4 Å². The van der Waals surface area contributed by atoms with E-state index in [1.54, 1.807) is 0 Å². The molecule has 1 aromatic carbocycles. The number of alkyl halides is 3. The van der Waals surface area contributed by atoms with Crippen molar-refractivity contribution in [1.82, 2.24) is 15.1 Å². The minimum absolute atomic E-state index is 0.0446. The van der Waals surface area contributed by atoms with Crippen LogP contribution in [0.25, 0.3) is 11.3 Å². The van der Waals surface area contributed by atoms with E-state index in [1.807, 2.05) is 6.92 Å². The highest BCUT2D eigenvalue weighted by Crippen LogP contribution is 2.32. The van der Waals surface area contributed by atoms with Gasteiger partial charge in [-0.05, 0) is 18.6 Å². The Bertz CT molecular complexity index is 956. The van der Waals surface area contributed by atoms with E-state index in [-0.39, 0.29) is 35.4 Å². The summed E-state index contributed by atoms with van der Waals surface area (Å²) in [6.07, 6.45) is -3.91. The van der Waals surface area contributed by atoms with E-state index < -0.39 is 11.7 Å². The zero-order valence-corrected chi connectivity index (χ0v) is 14.2. The van der Waals surface area contributed by atoms with Crippen LogP contribution in [0.15, 0.2) is 34.9 Å². The van der Waals surface area contributed by atoms with Crippen LogP contribution in [-0.4, -0.2) is 15.1 Å². The van der Waals surface area contributed by atoms with Gasteiger partial charge in [-0.15, -0.1) is 0 Å². The molecule has 0 unspecified atom stereocenters. The number of hydrogen-bond donors (Lipinski definition) is 2. The van der Waals surface area contributed by atoms with E-state index in [1.165, 1.54) is 18.2 Å².